The van der Waals surface area contributed by atoms with Crippen molar-refractivity contribution in [3.05, 3.63) is 72.3 Å². The van der Waals surface area contributed by atoms with Crippen molar-refractivity contribution in [3.63, 3.8) is 0 Å². The molecule has 9 heteroatoms. The molecular formula is C23H27N3O5S. The van der Waals surface area contributed by atoms with E-state index in [-0.39, 0.29) is 17.2 Å². The summed E-state index contributed by atoms with van der Waals surface area (Å²) in [6, 6.07) is 13.3. The van der Waals surface area contributed by atoms with Gasteiger partial charge >= 0.3 is 0 Å². The number of rotatable bonds is 10. The minimum atomic E-state index is -3.24. The normalized spacial score (nSPS) is 12.2. The molecule has 1 heterocycles. The number of nitrogens with zero attached hydrogens (tertiary/aromatic N) is 2. The molecular weight excluding hydrogens is 430 g/mol. The van der Waals surface area contributed by atoms with Crippen molar-refractivity contribution in [2.75, 3.05) is 20.0 Å². The van der Waals surface area contributed by atoms with E-state index >= 15 is 0 Å². The van der Waals surface area contributed by atoms with Gasteiger partial charge in [-0.05, 0) is 48.4 Å². The first kappa shape index (κ1) is 23.3. The van der Waals surface area contributed by atoms with Gasteiger partial charge in [0.25, 0.3) is 0 Å². The second-order valence-electron chi connectivity index (χ2n) is 7.37. The van der Waals surface area contributed by atoms with Crippen LogP contribution in [0.5, 0.6) is 11.5 Å². The molecule has 1 atom stereocenters. The van der Waals surface area contributed by atoms with E-state index in [9.17, 15) is 13.2 Å². The summed E-state index contributed by atoms with van der Waals surface area (Å²) < 4.78 is 35.8. The molecule has 0 radical (unpaired) electrons. The lowest BCUT2D eigenvalue weighted by molar-refractivity contribution is -0.121. The van der Waals surface area contributed by atoms with Crippen molar-refractivity contribution >= 4 is 15.7 Å². The average Bonchev–Trinajstić information content (AvgIpc) is 3.20. The lowest BCUT2D eigenvalue weighted by atomic mass is 10.1. The SMILES string of the molecule is COc1cccc(C(NC(=O)CCCOc2ccc(S(C)(=O)=O)cc2)c2nccn2C)c1. The minimum absolute atomic E-state index is 0.128. The topological polar surface area (TPSA) is 99.5 Å². The third-order valence-corrected chi connectivity index (χ3v) is 6.05. The Labute approximate surface area is 188 Å². The van der Waals surface area contributed by atoms with E-state index in [0.29, 0.717) is 30.4 Å². The van der Waals surface area contributed by atoms with E-state index < -0.39 is 15.9 Å². The number of ether oxygens (including phenoxy) is 2. The van der Waals surface area contributed by atoms with Crippen molar-refractivity contribution in [2.45, 2.75) is 23.8 Å². The van der Waals surface area contributed by atoms with E-state index in [1.165, 1.54) is 12.1 Å². The third-order valence-electron chi connectivity index (χ3n) is 4.92. The average molecular weight is 458 g/mol. The molecule has 1 N–H and O–H groups in total. The van der Waals surface area contributed by atoms with Crippen LogP contribution in [-0.4, -0.2) is 43.8 Å². The summed E-state index contributed by atoms with van der Waals surface area (Å²) in [4.78, 5) is 17.3. The molecule has 2 aromatic carbocycles. The Balaban J connectivity index is 1.58. The quantitative estimate of drug-likeness (QED) is 0.470. The number of sulfone groups is 1. The Hall–Kier alpha value is -3.33. The molecule has 0 saturated heterocycles. The first-order chi connectivity index (χ1) is 15.3. The van der Waals surface area contributed by atoms with Crippen LogP contribution in [0.15, 0.2) is 65.8 Å². The van der Waals surface area contributed by atoms with Crippen molar-refractivity contribution in [1.82, 2.24) is 14.9 Å². The second kappa shape index (κ2) is 10.3. The third kappa shape index (κ3) is 6.10. The molecule has 170 valence electrons. The van der Waals surface area contributed by atoms with Crippen molar-refractivity contribution in [3.8, 4) is 11.5 Å². The molecule has 0 fully saturated rings. The standard InChI is InChI=1S/C23H27N3O5S/c1-26-14-13-24-23(26)22(17-6-4-7-19(16-17)30-2)25-21(27)8-5-15-31-18-9-11-20(12-10-18)32(3,28)29/h4,6-7,9-14,16,22H,5,8,15H2,1-3H3,(H,25,27). The largest absolute Gasteiger partial charge is 0.497 e. The van der Waals surface area contributed by atoms with Crippen LogP contribution in [0.1, 0.15) is 30.3 Å². The summed E-state index contributed by atoms with van der Waals surface area (Å²) >= 11 is 0. The fourth-order valence-corrected chi connectivity index (χ4v) is 3.84. The van der Waals surface area contributed by atoms with E-state index in [1.54, 1.807) is 25.4 Å². The number of carbonyl (C=O) groups excluding carboxylic acids is 1. The molecule has 0 bridgehead atoms. The smallest absolute Gasteiger partial charge is 0.220 e. The predicted molar refractivity (Wildman–Crippen MR) is 120 cm³/mol. The number of amides is 1. The van der Waals surface area contributed by atoms with E-state index in [0.717, 1.165) is 11.8 Å². The first-order valence-electron chi connectivity index (χ1n) is 10.1. The summed E-state index contributed by atoms with van der Waals surface area (Å²) in [5, 5.41) is 3.05. The zero-order valence-corrected chi connectivity index (χ0v) is 19.1. The molecule has 0 saturated carbocycles. The molecule has 0 aliphatic carbocycles. The number of benzene rings is 2. The van der Waals surface area contributed by atoms with Gasteiger partial charge in [-0.3, -0.25) is 4.79 Å². The molecule has 8 nitrogen and oxygen atoms in total. The lowest BCUT2D eigenvalue weighted by Crippen LogP contribution is -2.31. The number of hydrogen-bond acceptors (Lipinski definition) is 6. The molecule has 1 aromatic heterocycles. The summed E-state index contributed by atoms with van der Waals surface area (Å²) in [6.45, 7) is 0.331. The van der Waals surface area contributed by atoms with E-state index in [2.05, 4.69) is 10.3 Å². The molecule has 0 spiro atoms. The zero-order valence-electron chi connectivity index (χ0n) is 18.3. The number of hydrogen-bond donors (Lipinski definition) is 1. The number of imidazole rings is 1. The minimum Gasteiger partial charge on any atom is -0.497 e. The summed E-state index contributed by atoms with van der Waals surface area (Å²) in [6.07, 6.45) is 5.46. The maximum Gasteiger partial charge on any atom is 0.220 e. The van der Waals surface area contributed by atoms with Gasteiger partial charge in [0.05, 0.1) is 18.6 Å². The number of aryl methyl sites for hydroxylation is 1. The van der Waals surface area contributed by atoms with Crippen molar-refractivity contribution in [2.24, 2.45) is 7.05 Å². The number of nitrogens with one attached hydrogen (secondary N) is 1. The number of aromatic nitrogens is 2. The molecule has 3 aromatic rings. The molecule has 1 amide bonds. The van der Waals surface area contributed by atoms with Gasteiger partial charge < -0.3 is 19.4 Å². The van der Waals surface area contributed by atoms with Crippen LogP contribution in [0.4, 0.5) is 0 Å². The van der Waals surface area contributed by atoms with Gasteiger partial charge in [0.1, 0.15) is 23.4 Å². The van der Waals surface area contributed by atoms with Gasteiger partial charge in [-0.15, -0.1) is 0 Å². The van der Waals surface area contributed by atoms with Crippen LogP contribution in [0, 0.1) is 0 Å². The van der Waals surface area contributed by atoms with Gasteiger partial charge in [0, 0.05) is 32.1 Å². The van der Waals surface area contributed by atoms with Gasteiger partial charge in [-0.2, -0.15) is 0 Å². The monoisotopic (exact) mass is 457 g/mol. The highest BCUT2D eigenvalue weighted by Gasteiger charge is 2.21. The van der Waals surface area contributed by atoms with Gasteiger partial charge in [0.15, 0.2) is 9.84 Å². The molecule has 3 rings (SSSR count). The van der Waals surface area contributed by atoms with Crippen molar-refractivity contribution < 1.29 is 22.7 Å². The van der Waals surface area contributed by atoms with Gasteiger partial charge in [-0.25, -0.2) is 13.4 Å². The highest BCUT2D eigenvalue weighted by molar-refractivity contribution is 7.90. The van der Waals surface area contributed by atoms with Crippen LogP contribution in [0.25, 0.3) is 0 Å². The fourth-order valence-electron chi connectivity index (χ4n) is 3.21. The van der Waals surface area contributed by atoms with Crippen LogP contribution < -0.4 is 14.8 Å². The summed E-state index contributed by atoms with van der Waals surface area (Å²) in [5.41, 5.74) is 0.870. The molecule has 1 unspecified atom stereocenters. The van der Waals surface area contributed by atoms with Crippen molar-refractivity contribution in [1.29, 1.82) is 0 Å². The van der Waals surface area contributed by atoms with Crippen LogP contribution in [-0.2, 0) is 21.7 Å². The number of methoxy groups -OCH3 is 1. The summed E-state index contributed by atoms with van der Waals surface area (Å²) in [7, 11) is 0.239. The second-order valence-corrected chi connectivity index (χ2v) is 9.38. The fraction of sp³-hybridized carbons (Fsp3) is 0.304. The van der Waals surface area contributed by atoms with Crippen LogP contribution in [0.2, 0.25) is 0 Å². The maximum absolute atomic E-state index is 12.7. The highest BCUT2D eigenvalue weighted by atomic mass is 32.2. The first-order valence-corrected chi connectivity index (χ1v) is 12.0. The number of carbonyl (C=O) groups is 1. The van der Waals surface area contributed by atoms with E-state index in [1.807, 2.05) is 42.1 Å². The Morgan fingerprint density at radius 3 is 2.53 bits per heavy atom. The van der Waals surface area contributed by atoms with Crippen LogP contribution >= 0.6 is 0 Å². The zero-order chi connectivity index (χ0) is 23.1. The Morgan fingerprint density at radius 2 is 1.91 bits per heavy atom. The molecule has 0 aliphatic heterocycles. The molecule has 32 heavy (non-hydrogen) atoms. The van der Waals surface area contributed by atoms with Gasteiger partial charge in [-0.1, -0.05) is 12.1 Å². The van der Waals surface area contributed by atoms with Crippen LogP contribution in [0.3, 0.4) is 0 Å². The Morgan fingerprint density at radius 1 is 1.16 bits per heavy atom. The Kier molecular flexibility index (Phi) is 7.53. The summed E-state index contributed by atoms with van der Waals surface area (Å²) in [5.74, 6) is 1.84. The highest BCUT2D eigenvalue weighted by Crippen LogP contribution is 2.24. The molecule has 0 aliphatic rings. The maximum atomic E-state index is 12.7. The predicted octanol–water partition coefficient (Wildman–Crippen LogP) is 2.90. The van der Waals surface area contributed by atoms with Gasteiger partial charge in [0.2, 0.25) is 5.91 Å². The Bertz CT molecular complexity index is 1160. The lowest BCUT2D eigenvalue weighted by Gasteiger charge is -2.20. The van der Waals surface area contributed by atoms with E-state index in [4.69, 9.17) is 9.47 Å².